The average Bonchev–Trinajstić information content (AvgIpc) is 3.39. The van der Waals surface area contributed by atoms with Crippen molar-refractivity contribution in [3.63, 3.8) is 0 Å². The summed E-state index contributed by atoms with van der Waals surface area (Å²) < 4.78 is 16.2. The molecule has 0 radical (unpaired) electrons. The van der Waals surface area contributed by atoms with Gasteiger partial charge in [-0.25, -0.2) is 0 Å². The van der Waals surface area contributed by atoms with E-state index in [1.165, 1.54) is 17.6 Å². The largest absolute Gasteiger partial charge is 0.490 e. The van der Waals surface area contributed by atoms with Gasteiger partial charge in [-0.2, -0.15) is 0 Å². The van der Waals surface area contributed by atoms with Gasteiger partial charge in [0.05, 0.1) is 30.9 Å². The molecule has 7 heteroatoms. The average molecular weight is 399 g/mol. The highest BCUT2D eigenvalue weighted by Crippen LogP contribution is 2.28. The van der Waals surface area contributed by atoms with Gasteiger partial charge >= 0.3 is 0 Å². The molecule has 0 aliphatic carbocycles. The van der Waals surface area contributed by atoms with E-state index in [1.54, 1.807) is 36.4 Å². The summed E-state index contributed by atoms with van der Waals surface area (Å²) in [6, 6.07) is 12.0. The number of furan rings is 1. The Kier molecular flexibility index (Phi) is 6.49. The Morgan fingerprint density at radius 3 is 2.54 bits per heavy atom. The maximum atomic E-state index is 12.5. The van der Waals surface area contributed by atoms with Crippen molar-refractivity contribution in [3.8, 4) is 11.5 Å². The first-order chi connectivity index (χ1) is 13.6. The van der Waals surface area contributed by atoms with Crippen molar-refractivity contribution in [3.05, 3.63) is 69.8 Å². The van der Waals surface area contributed by atoms with Crippen LogP contribution in [-0.4, -0.2) is 24.9 Å². The standard InChI is InChI=1S/C21H21NO5S/c1-3-25-16-9-7-14(12-18(16)26-4-2)21(24)22-13-15-8-10-19(28-15)20(23)17-6-5-11-27-17/h5-12H,3-4,13H2,1-2H3,(H,22,24). The fourth-order valence-corrected chi connectivity index (χ4v) is 3.48. The lowest BCUT2D eigenvalue weighted by Crippen LogP contribution is -2.22. The Bertz CT molecular complexity index is 946. The normalized spacial score (nSPS) is 10.5. The van der Waals surface area contributed by atoms with E-state index in [-0.39, 0.29) is 11.7 Å². The number of nitrogens with one attached hydrogen (secondary N) is 1. The van der Waals surface area contributed by atoms with Crippen LogP contribution in [-0.2, 0) is 6.54 Å². The van der Waals surface area contributed by atoms with Gasteiger partial charge in [0.2, 0.25) is 5.78 Å². The summed E-state index contributed by atoms with van der Waals surface area (Å²) >= 11 is 1.33. The number of ketones is 1. The second-order valence-electron chi connectivity index (χ2n) is 5.78. The van der Waals surface area contributed by atoms with Crippen molar-refractivity contribution in [1.82, 2.24) is 5.32 Å². The van der Waals surface area contributed by atoms with Crippen molar-refractivity contribution in [2.45, 2.75) is 20.4 Å². The maximum absolute atomic E-state index is 12.5. The molecular weight excluding hydrogens is 378 g/mol. The molecule has 0 fully saturated rings. The molecule has 1 N–H and O–H groups in total. The summed E-state index contributed by atoms with van der Waals surface area (Å²) in [5.74, 6) is 1.06. The first kappa shape index (κ1) is 19.7. The highest BCUT2D eigenvalue weighted by Gasteiger charge is 2.15. The predicted octanol–water partition coefficient (Wildman–Crippen LogP) is 4.30. The summed E-state index contributed by atoms with van der Waals surface area (Å²) in [6.07, 6.45) is 1.47. The topological polar surface area (TPSA) is 77.8 Å². The lowest BCUT2D eigenvalue weighted by atomic mass is 10.2. The minimum atomic E-state index is -0.226. The van der Waals surface area contributed by atoms with E-state index < -0.39 is 0 Å². The third-order valence-corrected chi connectivity index (χ3v) is 4.94. The van der Waals surface area contributed by atoms with Crippen LogP contribution in [0.15, 0.2) is 53.1 Å². The molecule has 0 unspecified atom stereocenters. The van der Waals surface area contributed by atoms with Gasteiger partial charge in [0.25, 0.3) is 5.91 Å². The fourth-order valence-electron chi connectivity index (χ4n) is 2.59. The molecule has 0 aliphatic heterocycles. The number of thiophene rings is 1. The molecule has 1 amide bonds. The number of amides is 1. The minimum Gasteiger partial charge on any atom is -0.490 e. The van der Waals surface area contributed by atoms with E-state index >= 15 is 0 Å². The van der Waals surface area contributed by atoms with Crippen LogP contribution in [0.25, 0.3) is 0 Å². The number of ether oxygens (including phenoxy) is 2. The van der Waals surface area contributed by atoms with E-state index in [4.69, 9.17) is 13.9 Å². The van der Waals surface area contributed by atoms with Gasteiger partial charge in [-0.1, -0.05) is 0 Å². The molecule has 0 saturated heterocycles. The second kappa shape index (κ2) is 9.23. The highest BCUT2D eigenvalue weighted by molar-refractivity contribution is 7.14. The van der Waals surface area contributed by atoms with Crippen LogP contribution in [0, 0.1) is 0 Å². The second-order valence-corrected chi connectivity index (χ2v) is 6.95. The molecule has 0 bridgehead atoms. The third kappa shape index (κ3) is 4.61. The summed E-state index contributed by atoms with van der Waals surface area (Å²) in [6.45, 7) is 5.09. The number of hydrogen-bond acceptors (Lipinski definition) is 6. The van der Waals surface area contributed by atoms with Crippen molar-refractivity contribution in [1.29, 1.82) is 0 Å². The Hall–Kier alpha value is -3.06. The number of benzene rings is 1. The van der Waals surface area contributed by atoms with Crippen LogP contribution in [0.2, 0.25) is 0 Å². The Morgan fingerprint density at radius 1 is 1.04 bits per heavy atom. The van der Waals surface area contributed by atoms with Gasteiger partial charge in [-0.3, -0.25) is 9.59 Å². The van der Waals surface area contributed by atoms with Gasteiger partial charge in [-0.15, -0.1) is 11.3 Å². The number of hydrogen-bond donors (Lipinski definition) is 1. The van der Waals surface area contributed by atoms with Gasteiger partial charge in [-0.05, 0) is 56.3 Å². The Balaban J connectivity index is 1.64. The SMILES string of the molecule is CCOc1ccc(C(=O)NCc2ccc(C(=O)c3ccco3)s2)cc1OCC. The van der Waals surface area contributed by atoms with Crippen molar-refractivity contribution >= 4 is 23.0 Å². The molecule has 1 aromatic carbocycles. The van der Waals surface area contributed by atoms with E-state index in [0.717, 1.165) is 4.88 Å². The van der Waals surface area contributed by atoms with E-state index in [1.807, 2.05) is 19.9 Å². The summed E-state index contributed by atoms with van der Waals surface area (Å²) in [5, 5.41) is 2.86. The first-order valence-corrected chi connectivity index (χ1v) is 9.78. The quantitative estimate of drug-likeness (QED) is 0.543. The smallest absolute Gasteiger partial charge is 0.251 e. The van der Waals surface area contributed by atoms with Crippen LogP contribution in [0.3, 0.4) is 0 Å². The number of carbonyl (C=O) groups excluding carboxylic acids is 2. The molecule has 0 saturated carbocycles. The summed E-state index contributed by atoms with van der Waals surface area (Å²) in [4.78, 5) is 26.2. The fraction of sp³-hybridized carbons (Fsp3) is 0.238. The molecule has 146 valence electrons. The predicted molar refractivity (Wildman–Crippen MR) is 106 cm³/mol. The lowest BCUT2D eigenvalue weighted by Gasteiger charge is -2.12. The molecule has 2 aromatic heterocycles. The maximum Gasteiger partial charge on any atom is 0.251 e. The van der Waals surface area contributed by atoms with E-state index in [2.05, 4.69) is 5.32 Å². The molecule has 2 heterocycles. The van der Waals surface area contributed by atoms with Crippen LogP contribution in [0.4, 0.5) is 0 Å². The van der Waals surface area contributed by atoms with Crippen LogP contribution >= 0.6 is 11.3 Å². The summed E-state index contributed by atoms with van der Waals surface area (Å²) in [5.41, 5.74) is 0.482. The van der Waals surface area contributed by atoms with Crippen molar-refractivity contribution < 1.29 is 23.5 Å². The molecule has 6 nitrogen and oxygen atoms in total. The molecule has 0 spiro atoms. The monoisotopic (exact) mass is 399 g/mol. The first-order valence-electron chi connectivity index (χ1n) is 8.97. The zero-order valence-electron chi connectivity index (χ0n) is 15.7. The van der Waals surface area contributed by atoms with Gasteiger partial charge in [0.15, 0.2) is 17.3 Å². The van der Waals surface area contributed by atoms with Crippen molar-refractivity contribution in [2.24, 2.45) is 0 Å². The molecular formula is C21H21NO5S. The summed E-state index contributed by atoms with van der Waals surface area (Å²) in [7, 11) is 0. The number of carbonyl (C=O) groups is 2. The molecule has 0 atom stereocenters. The Labute approximate surface area is 167 Å². The van der Waals surface area contributed by atoms with Crippen molar-refractivity contribution in [2.75, 3.05) is 13.2 Å². The van der Waals surface area contributed by atoms with E-state index in [9.17, 15) is 9.59 Å². The Morgan fingerprint density at radius 2 is 1.82 bits per heavy atom. The molecule has 0 aliphatic rings. The molecule has 3 aromatic rings. The van der Waals surface area contributed by atoms with Gasteiger partial charge in [0, 0.05) is 10.4 Å². The lowest BCUT2D eigenvalue weighted by molar-refractivity contribution is 0.0950. The zero-order chi connectivity index (χ0) is 19.9. The van der Waals surface area contributed by atoms with Gasteiger partial charge < -0.3 is 19.2 Å². The highest BCUT2D eigenvalue weighted by atomic mass is 32.1. The molecule has 3 rings (SSSR count). The van der Waals surface area contributed by atoms with Crippen LogP contribution in [0.5, 0.6) is 11.5 Å². The van der Waals surface area contributed by atoms with Crippen LogP contribution < -0.4 is 14.8 Å². The minimum absolute atomic E-state index is 0.166. The number of rotatable bonds is 9. The zero-order valence-corrected chi connectivity index (χ0v) is 16.5. The molecule has 28 heavy (non-hydrogen) atoms. The third-order valence-electron chi connectivity index (χ3n) is 3.86. The van der Waals surface area contributed by atoms with E-state index in [0.29, 0.717) is 47.5 Å². The van der Waals surface area contributed by atoms with Crippen LogP contribution in [0.1, 0.15) is 44.5 Å². The van der Waals surface area contributed by atoms with Gasteiger partial charge in [0.1, 0.15) is 0 Å².